The lowest BCUT2D eigenvalue weighted by Gasteiger charge is -2.10. The van der Waals surface area contributed by atoms with Crippen molar-refractivity contribution >= 4 is 51.6 Å². The minimum Gasteiger partial charge on any atom is -0.308 e. The second-order valence-corrected chi connectivity index (χ2v) is 7.33. The monoisotopic (exact) mass is 413 g/mol. The number of anilines is 2. The Morgan fingerprint density at radius 1 is 0.964 bits per heavy atom. The van der Waals surface area contributed by atoms with E-state index in [4.69, 9.17) is 11.6 Å². The molecular formula is C18H12ClN5O3S. The van der Waals surface area contributed by atoms with Gasteiger partial charge in [0, 0.05) is 10.7 Å². The minimum absolute atomic E-state index is 0.00943. The van der Waals surface area contributed by atoms with E-state index in [2.05, 4.69) is 20.8 Å². The van der Waals surface area contributed by atoms with E-state index >= 15 is 0 Å². The molecule has 0 unspecified atom stereocenters. The molecule has 8 nitrogen and oxygen atoms in total. The summed E-state index contributed by atoms with van der Waals surface area (Å²) in [7, 11) is 0. The fourth-order valence-electron chi connectivity index (χ4n) is 2.68. The summed E-state index contributed by atoms with van der Waals surface area (Å²) in [6.07, 6.45) is 0. The highest BCUT2D eigenvalue weighted by molar-refractivity contribution is 7.15. The zero-order valence-corrected chi connectivity index (χ0v) is 15.8. The third-order valence-corrected chi connectivity index (χ3v) is 5.04. The van der Waals surface area contributed by atoms with Gasteiger partial charge in [-0.3, -0.25) is 19.8 Å². The molecule has 4 amide bonds. The Labute approximate surface area is 168 Å². The molecule has 2 aromatic carbocycles. The second kappa shape index (κ2) is 7.37. The van der Waals surface area contributed by atoms with Gasteiger partial charge in [-0.1, -0.05) is 35.1 Å². The molecule has 1 aromatic heterocycles. The molecule has 4 rings (SSSR count). The number of halogens is 1. The van der Waals surface area contributed by atoms with Crippen LogP contribution in [-0.4, -0.2) is 32.9 Å². The zero-order valence-electron chi connectivity index (χ0n) is 14.2. The van der Waals surface area contributed by atoms with E-state index in [9.17, 15) is 14.4 Å². The first-order valence-electron chi connectivity index (χ1n) is 8.12. The number of carbonyl (C=O) groups is 3. The highest BCUT2D eigenvalue weighted by Crippen LogP contribution is 2.26. The quantitative estimate of drug-likeness (QED) is 0.635. The molecule has 2 heterocycles. The van der Waals surface area contributed by atoms with Gasteiger partial charge in [0.1, 0.15) is 5.01 Å². The predicted octanol–water partition coefficient (Wildman–Crippen LogP) is 3.63. The van der Waals surface area contributed by atoms with Gasteiger partial charge in [-0.2, -0.15) is 0 Å². The molecule has 0 spiro atoms. The van der Waals surface area contributed by atoms with Gasteiger partial charge in [-0.15, -0.1) is 10.2 Å². The summed E-state index contributed by atoms with van der Waals surface area (Å²) in [5.41, 5.74) is 1.31. The number of aromatic nitrogens is 2. The van der Waals surface area contributed by atoms with E-state index in [0.29, 0.717) is 26.8 Å². The minimum atomic E-state index is -0.495. The van der Waals surface area contributed by atoms with Crippen LogP contribution in [0.15, 0.2) is 48.5 Å². The molecule has 1 aliphatic heterocycles. The molecule has 0 aliphatic carbocycles. The van der Waals surface area contributed by atoms with Gasteiger partial charge in [0.15, 0.2) is 0 Å². The summed E-state index contributed by atoms with van der Waals surface area (Å²) in [6, 6.07) is 12.8. The van der Waals surface area contributed by atoms with Crippen LogP contribution in [0.4, 0.5) is 15.6 Å². The molecule has 0 atom stereocenters. The van der Waals surface area contributed by atoms with Gasteiger partial charge in [-0.25, -0.2) is 4.79 Å². The van der Waals surface area contributed by atoms with E-state index in [1.165, 1.54) is 0 Å². The Balaban J connectivity index is 1.40. The fraction of sp³-hybridized carbons (Fsp3) is 0.0556. The first-order chi connectivity index (χ1) is 13.5. The Hall–Kier alpha value is -3.30. The average molecular weight is 414 g/mol. The smallest absolute Gasteiger partial charge is 0.308 e. The van der Waals surface area contributed by atoms with Crippen LogP contribution >= 0.6 is 22.9 Å². The number of imide groups is 1. The van der Waals surface area contributed by atoms with Crippen molar-refractivity contribution in [2.24, 2.45) is 0 Å². The first-order valence-corrected chi connectivity index (χ1v) is 9.32. The van der Waals surface area contributed by atoms with Gasteiger partial charge in [0.05, 0.1) is 17.7 Å². The fourth-order valence-corrected chi connectivity index (χ4v) is 3.53. The van der Waals surface area contributed by atoms with Crippen molar-refractivity contribution in [1.82, 2.24) is 15.1 Å². The maximum Gasteiger partial charge on any atom is 0.325 e. The summed E-state index contributed by atoms with van der Waals surface area (Å²) in [5, 5.41) is 14.3. The Morgan fingerprint density at radius 3 is 2.25 bits per heavy atom. The molecule has 140 valence electrons. The second-order valence-electron chi connectivity index (χ2n) is 5.83. The number of carbonyl (C=O) groups excluding carboxylic acids is 3. The number of rotatable bonds is 4. The predicted molar refractivity (Wildman–Crippen MR) is 105 cm³/mol. The highest BCUT2D eigenvalue weighted by atomic mass is 35.5. The first kappa shape index (κ1) is 18.1. The van der Waals surface area contributed by atoms with Gasteiger partial charge < -0.3 is 5.32 Å². The van der Waals surface area contributed by atoms with E-state index in [1.54, 1.807) is 48.5 Å². The van der Waals surface area contributed by atoms with Gasteiger partial charge in [-0.05, 0) is 36.4 Å². The summed E-state index contributed by atoms with van der Waals surface area (Å²) in [5.74, 6) is -0.739. The molecule has 0 radical (unpaired) electrons. The zero-order chi connectivity index (χ0) is 19.7. The van der Waals surface area contributed by atoms with Crippen LogP contribution in [0, 0.1) is 0 Å². The number of benzene rings is 2. The summed E-state index contributed by atoms with van der Waals surface area (Å²) in [6.45, 7) is -0.00943. The van der Waals surface area contributed by atoms with Crippen LogP contribution in [0.2, 0.25) is 5.02 Å². The molecule has 0 saturated carbocycles. The SMILES string of the molecule is O=C(Nc1ccc(Cl)cc1)Nc1nnc(CN2C(=O)c3ccccc3C2=O)s1. The molecule has 1 aliphatic rings. The van der Waals surface area contributed by atoms with Crippen molar-refractivity contribution in [3.05, 3.63) is 69.7 Å². The lowest BCUT2D eigenvalue weighted by atomic mass is 10.1. The lowest BCUT2D eigenvalue weighted by Crippen LogP contribution is -2.29. The molecule has 2 N–H and O–H groups in total. The maximum atomic E-state index is 12.4. The van der Waals surface area contributed by atoms with Crippen molar-refractivity contribution in [3.63, 3.8) is 0 Å². The maximum absolute atomic E-state index is 12.4. The number of nitrogens with one attached hydrogen (secondary N) is 2. The van der Waals surface area contributed by atoms with Gasteiger partial charge in [0.25, 0.3) is 11.8 Å². The van der Waals surface area contributed by atoms with Gasteiger partial charge >= 0.3 is 6.03 Å². The molecule has 28 heavy (non-hydrogen) atoms. The molecule has 0 fully saturated rings. The van der Waals surface area contributed by atoms with E-state index < -0.39 is 6.03 Å². The normalized spacial score (nSPS) is 12.8. The number of hydrogen-bond acceptors (Lipinski definition) is 6. The average Bonchev–Trinajstić information content (AvgIpc) is 3.22. The standard InChI is InChI=1S/C18H12ClN5O3S/c19-10-5-7-11(8-6-10)20-17(27)21-18-23-22-14(28-18)9-24-15(25)12-3-1-2-4-13(12)16(24)26/h1-8H,9H2,(H2,20,21,23,27). The molecule has 3 aromatic rings. The summed E-state index contributed by atoms with van der Waals surface area (Å²) < 4.78 is 0. The highest BCUT2D eigenvalue weighted by Gasteiger charge is 2.35. The molecule has 0 saturated heterocycles. The van der Waals surface area contributed by atoms with Crippen molar-refractivity contribution in [3.8, 4) is 0 Å². The lowest BCUT2D eigenvalue weighted by molar-refractivity contribution is 0.0642. The molecule has 10 heteroatoms. The van der Waals surface area contributed by atoms with Crippen molar-refractivity contribution < 1.29 is 14.4 Å². The number of fused-ring (bicyclic) bond motifs is 1. The molecular weight excluding hydrogens is 402 g/mol. The number of amides is 4. The van der Waals surface area contributed by atoms with E-state index in [-0.39, 0.29) is 23.5 Å². The van der Waals surface area contributed by atoms with Crippen molar-refractivity contribution in [2.45, 2.75) is 6.54 Å². The van der Waals surface area contributed by atoms with Crippen molar-refractivity contribution in [2.75, 3.05) is 10.6 Å². The third kappa shape index (κ3) is 3.57. The summed E-state index contributed by atoms with van der Waals surface area (Å²) >= 11 is 6.89. The van der Waals surface area contributed by atoms with Crippen molar-refractivity contribution in [1.29, 1.82) is 0 Å². The Bertz CT molecular complexity index is 1050. The number of nitrogens with zero attached hydrogens (tertiary/aromatic N) is 3. The molecule has 0 bridgehead atoms. The number of hydrogen-bond donors (Lipinski definition) is 2. The Morgan fingerprint density at radius 2 is 1.61 bits per heavy atom. The third-order valence-electron chi connectivity index (χ3n) is 3.96. The van der Waals surface area contributed by atoms with Crippen LogP contribution in [0.25, 0.3) is 0 Å². The van der Waals surface area contributed by atoms with Gasteiger partial charge in [0.2, 0.25) is 5.13 Å². The topological polar surface area (TPSA) is 104 Å². The summed E-state index contributed by atoms with van der Waals surface area (Å²) in [4.78, 5) is 37.9. The van der Waals surface area contributed by atoms with Crippen LogP contribution in [0.5, 0.6) is 0 Å². The number of urea groups is 1. The van der Waals surface area contributed by atoms with Crippen LogP contribution in [0.1, 0.15) is 25.7 Å². The van der Waals surface area contributed by atoms with E-state index in [1.807, 2.05) is 0 Å². The van der Waals surface area contributed by atoms with Crippen LogP contribution in [0.3, 0.4) is 0 Å². The van der Waals surface area contributed by atoms with E-state index in [0.717, 1.165) is 16.2 Å². The van der Waals surface area contributed by atoms with Crippen LogP contribution < -0.4 is 10.6 Å². The Kier molecular flexibility index (Phi) is 4.76. The van der Waals surface area contributed by atoms with Crippen LogP contribution in [-0.2, 0) is 6.54 Å². The largest absolute Gasteiger partial charge is 0.325 e.